The lowest BCUT2D eigenvalue weighted by Gasteiger charge is -2.21. The zero-order valence-corrected chi connectivity index (χ0v) is 15.7. The van der Waals surface area contributed by atoms with Gasteiger partial charge in [0.2, 0.25) is 0 Å². The Morgan fingerprint density at radius 1 is 0.867 bits per heavy atom. The van der Waals surface area contributed by atoms with Gasteiger partial charge in [0.15, 0.2) is 6.61 Å². The third-order valence-corrected chi connectivity index (χ3v) is 4.84. The van der Waals surface area contributed by atoms with Crippen LogP contribution in [-0.4, -0.2) is 25.3 Å². The Balaban J connectivity index is 1.81. The fourth-order valence-corrected chi connectivity index (χ4v) is 3.26. The second-order valence-corrected chi connectivity index (χ2v) is 6.96. The van der Waals surface area contributed by atoms with E-state index in [9.17, 15) is 26.3 Å². The first-order chi connectivity index (χ1) is 14.1. The Bertz CT molecular complexity index is 1020. The highest BCUT2D eigenvalue weighted by Gasteiger charge is 2.58. The summed E-state index contributed by atoms with van der Waals surface area (Å²) in [5.74, 6) is -5.62. The van der Waals surface area contributed by atoms with Crippen LogP contribution in [0.5, 0.6) is 5.75 Å². The normalized spacial score (nSPS) is 13.4. The maximum Gasteiger partial charge on any atom is 0.456 e. The third kappa shape index (κ3) is 4.70. The number of halogens is 6. The Labute approximate surface area is 169 Å². The van der Waals surface area contributed by atoms with Crippen molar-refractivity contribution in [2.75, 3.05) is 13.2 Å². The van der Waals surface area contributed by atoms with Crippen molar-refractivity contribution in [1.29, 1.82) is 0 Å². The predicted octanol–water partition coefficient (Wildman–Crippen LogP) is 5.84. The molecule has 0 amide bonds. The number of nitrogens with two attached hydrogens (primary N) is 1. The van der Waals surface area contributed by atoms with E-state index in [1.807, 2.05) is 0 Å². The van der Waals surface area contributed by atoms with Crippen LogP contribution in [0.15, 0.2) is 60.7 Å². The standard InChI is InChI=1S/C22H19F6NO/c23-20-9-8-17(18-6-1-2-7-19(18)20)15(12-29)10-14-4-3-5-16(11-14)30-13-21(24,25)22(26,27)28/h1-9,11,15H,10,12-13,29H2. The molecule has 30 heavy (non-hydrogen) atoms. The maximum atomic E-state index is 14.1. The van der Waals surface area contributed by atoms with E-state index in [1.165, 1.54) is 24.3 Å². The Morgan fingerprint density at radius 2 is 1.57 bits per heavy atom. The Morgan fingerprint density at radius 3 is 2.23 bits per heavy atom. The molecule has 3 aromatic rings. The van der Waals surface area contributed by atoms with E-state index < -0.39 is 18.7 Å². The van der Waals surface area contributed by atoms with Gasteiger partial charge in [0.1, 0.15) is 11.6 Å². The summed E-state index contributed by atoms with van der Waals surface area (Å²) >= 11 is 0. The first kappa shape index (κ1) is 22.0. The van der Waals surface area contributed by atoms with Crippen LogP contribution in [0.4, 0.5) is 26.3 Å². The molecule has 3 aromatic carbocycles. The highest BCUT2D eigenvalue weighted by molar-refractivity contribution is 5.86. The average Bonchev–Trinajstić information content (AvgIpc) is 2.71. The second kappa shape index (κ2) is 8.55. The molecular formula is C22H19F6NO. The van der Waals surface area contributed by atoms with E-state index in [4.69, 9.17) is 10.5 Å². The van der Waals surface area contributed by atoms with Crippen molar-refractivity contribution in [1.82, 2.24) is 0 Å². The minimum absolute atomic E-state index is 0.101. The fraction of sp³-hybridized carbons (Fsp3) is 0.273. The number of fused-ring (bicyclic) bond motifs is 1. The molecule has 0 saturated carbocycles. The average molecular weight is 427 g/mol. The van der Waals surface area contributed by atoms with Crippen molar-refractivity contribution in [3.05, 3.63) is 77.6 Å². The molecular weight excluding hydrogens is 408 g/mol. The van der Waals surface area contributed by atoms with Gasteiger partial charge < -0.3 is 10.5 Å². The van der Waals surface area contributed by atoms with Crippen molar-refractivity contribution in [3.8, 4) is 5.75 Å². The molecule has 0 radical (unpaired) electrons. The van der Waals surface area contributed by atoms with Crippen LogP contribution in [-0.2, 0) is 6.42 Å². The fourth-order valence-electron chi connectivity index (χ4n) is 3.26. The van der Waals surface area contributed by atoms with Crippen LogP contribution < -0.4 is 10.5 Å². The molecule has 0 fully saturated rings. The van der Waals surface area contributed by atoms with Gasteiger partial charge in [-0.15, -0.1) is 0 Å². The summed E-state index contributed by atoms with van der Waals surface area (Å²) in [6, 6.07) is 15.9. The molecule has 0 saturated heterocycles. The maximum absolute atomic E-state index is 14.1. The van der Waals surface area contributed by atoms with Gasteiger partial charge in [-0.25, -0.2) is 4.39 Å². The molecule has 0 bridgehead atoms. The van der Waals surface area contributed by atoms with Gasteiger partial charge >= 0.3 is 12.1 Å². The van der Waals surface area contributed by atoms with E-state index in [0.717, 1.165) is 5.56 Å². The quantitative estimate of drug-likeness (QED) is 0.481. The Hall–Kier alpha value is -2.74. The summed E-state index contributed by atoms with van der Waals surface area (Å²) in [5.41, 5.74) is 7.40. The first-order valence-corrected chi connectivity index (χ1v) is 9.16. The smallest absolute Gasteiger partial charge is 0.456 e. The van der Waals surface area contributed by atoms with Gasteiger partial charge in [-0.1, -0.05) is 42.5 Å². The van der Waals surface area contributed by atoms with Crippen LogP contribution in [0.2, 0.25) is 0 Å². The van der Waals surface area contributed by atoms with Crippen molar-refractivity contribution in [2.45, 2.75) is 24.4 Å². The number of hydrogen-bond acceptors (Lipinski definition) is 2. The molecule has 1 atom stereocenters. The van der Waals surface area contributed by atoms with Crippen LogP contribution in [0.3, 0.4) is 0 Å². The van der Waals surface area contributed by atoms with Gasteiger partial charge in [0.25, 0.3) is 0 Å². The van der Waals surface area contributed by atoms with Crippen molar-refractivity contribution >= 4 is 10.8 Å². The monoisotopic (exact) mass is 427 g/mol. The highest BCUT2D eigenvalue weighted by Crippen LogP contribution is 2.36. The number of alkyl halides is 5. The number of benzene rings is 3. The third-order valence-electron chi connectivity index (χ3n) is 4.84. The summed E-state index contributed by atoms with van der Waals surface area (Å²) in [6.45, 7) is -1.57. The lowest BCUT2D eigenvalue weighted by Crippen LogP contribution is -2.41. The van der Waals surface area contributed by atoms with Gasteiger partial charge in [-0.2, -0.15) is 22.0 Å². The van der Waals surface area contributed by atoms with Crippen molar-refractivity contribution in [3.63, 3.8) is 0 Å². The molecule has 3 rings (SSSR count). The molecule has 0 spiro atoms. The molecule has 1 unspecified atom stereocenters. The van der Waals surface area contributed by atoms with E-state index in [-0.39, 0.29) is 24.0 Å². The molecule has 0 aliphatic heterocycles. The van der Waals surface area contributed by atoms with Crippen LogP contribution >= 0.6 is 0 Å². The van der Waals surface area contributed by atoms with Gasteiger partial charge in [0.05, 0.1) is 0 Å². The lowest BCUT2D eigenvalue weighted by molar-refractivity contribution is -0.290. The first-order valence-electron chi connectivity index (χ1n) is 9.16. The number of ether oxygens (including phenoxy) is 1. The number of hydrogen-bond donors (Lipinski definition) is 1. The predicted molar refractivity (Wildman–Crippen MR) is 102 cm³/mol. The zero-order chi connectivity index (χ0) is 21.9. The summed E-state index contributed by atoms with van der Waals surface area (Å²) < 4.78 is 81.9. The van der Waals surface area contributed by atoms with Crippen LogP contribution in [0, 0.1) is 5.82 Å². The van der Waals surface area contributed by atoms with Crippen LogP contribution in [0.25, 0.3) is 10.8 Å². The summed E-state index contributed by atoms with van der Waals surface area (Å²) in [5, 5.41) is 1.17. The second-order valence-electron chi connectivity index (χ2n) is 6.96. The van der Waals surface area contributed by atoms with Crippen molar-refractivity contribution < 1.29 is 31.1 Å². The van der Waals surface area contributed by atoms with E-state index in [0.29, 0.717) is 22.8 Å². The summed E-state index contributed by atoms with van der Waals surface area (Å²) in [6.07, 6.45) is -5.31. The minimum atomic E-state index is -5.68. The molecule has 0 aliphatic rings. The van der Waals surface area contributed by atoms with Gasteiger partial charge in [-0.3, -0.25) is 0 Å². The topological polar surface area (TPSA) is 35.2 Å². The summed E-state index contributed by atoms with van der Waals surface area (Å²) in [7, 11) is 0. The SMILES string of the molecule is NCC(Cc1cccc(OCC(F)(F)C(F)(F)F)c1)c1ccc(F)c2ccccc12. The van der Waals surface area contributed by atoms with E-state index in [1.54, 1.807) is 36.4 Å². The highest BCUT2D eigenvalue weighted by atomic mass is 19.4. The molecule has 160 valence electrons. The molecule has 0 aliphatic carbocycles. The zero-order valence-electron chi connectivity index (χ0n) is 15.7. The van der Waals surface area contributed by atoms with Gasteiger partial charge in [-0.05, 0) is 47.7 Å². The molecule has 2 N–H and O–H groups in total. The molecule has 0 aromatic heterocycles. The lowest BCUT2D eigenvalue weighted by atomic mass is 9.88. The van der Waals surface area contributed by atoms with E-state index >= 15 is 0 Å². The molecule has 8 heteroatoms. The van der Waals surface area contributed by atoms with E-state index in [2.05, 4.69) is 0 Å². The van der Waals surface area contributed by atoms with Crippen LogP contribution in [0.1, 0.15) is 17.0 Å². The largest absolute Gasteiger partial charge is 0.487 e. The van der Waals surface area contributed by atoms with Crippen molar-refractivity contribution in [2.24, 2.45) is 5.73 Å². The molecule has 2 nitrogen and oxygen atoms in total. The van der Waals surface area contributed by atoms with Gasteiger partial charge in [0, 0.05) is 11.3 Å². The minimum Gasteiger partial charge on any atom is -0.487 e. The summed E-state index contributed by atoms with van der Waals surface area (Å²) in [4.78, 5) is 0. The Kier molecular flexibility index (Phi) is 6.26. The number of rotatable bonds is 7. The molecule has 0 heterocycles.